The van der Waals surface area contributed by atoms with E-state index in [1.807, 2.05) is 0 Å². The van der Waals surface area contributed by atoms with Crippen molar-refractivity contribution >= 4 is 18.3 Å². The number of halogens is 2. The largest absolute Gasteiger partial charge is 0.494 e. The maximum Gasteiger partial charge on any atom is 0.254 e. The fourth-order valence-corrected chi connectivity index (χ4v) is 1.71. The molecule has 1 saturated heterocycles. The molecule has 18 heavy (non-hydrogen) atoms. The molecule has 100 valence electrons. The zero-order valence-corrected chi connectivity index (χ0v) is 11.1. The van der Waals surface area contributed by atoms with Crippen molar-refractivity contribution < 1.29 is 13.9 Å². The molecule has 6 heteroatoms. The van der Waals surface area contributed by atoms with Gasteiger partial charge in [0.1, 0.15) is 0 Å². The summed E-state index contributed by atoms with van der Waals surface area (Å²) >= 11 is 0. The van der Waals surface area contributed by atoms with Crippen LogP contribution in [0.3, 0.4) is 0 Å². The first kappa shape index (κ1) is 14.7. The van der Waals surface area contributed by atoms with Crippen LogP contribution in [0.25, 0.3) is 0 Å². The normalized spacial score (nSPS) is 14.4. The van der Waals surface area contributed by atoms with Crippen molar-refractivity contribution in [3.05, 3.63) is 29.6 Å². The Bertz CT molecular complexity index is 438. The summed E-state index contributed by atoms with van der Waals surface area (Å²) in [7, 11) is 3.13. The number of likely N-dealkylation sites (N-methyl/N-ethyl adjacent to an activating group) is 1. The molecular formula is C12H16ClFN2O2. The van der Waals surface area contributed by atoms with E-state index in [0.717, 1.165) is 13.1 Å². The van der Waals surface area contributed by atoms with E-state index in [0.29, 0.717) is 5.56 Å². The molecule has 1 aliphatic heterocycles. The van der Waals surface area contributed by atoms with E-state index in [4.69, 9.17) is 4.74 Å². The van der Waals surface area contributed by atoms with Gasteiger partial charge in [-0.1, -0.05) is 0 Å². The maximum atomic E-state index is 13.2. The van der Waals surface area contributed by atoms with Crippen LogP contribution in [-0.2, 0) is 0 Å². The Balaban J connectivity index is 0.00000162. The molecule has 1 heterocycles. The molecule has 0 atom stereocenters. The van der Waals surface area contributed by atoms with Gasteiger partial charge in [-0.3, -0.25) is 4.79 Å². The van der Waals surface area contributed by atoms with Crippen LogP contribution < -0.4 is 10.1 Å². The van der Waals surface area contributed by atoms with E-state index in [1.165, 1.54) is 25.3 Å². The van der Waals surface area contributed by atoms with E-state index < -0.39 is 5.82 Å². The van der Waals surface area contributed by atoms with Crippen LogP contribution >= 0.6 is 12.4 Å². The lowest BCUT2D eigenvalue weighted by molar-refractivity contribution is 0.0680. The highest BCUT2D eigenvalue weighted by atomic mass is 35.5. The second kappa shape index (κ2) is 6.02. The van der Waals surface area contributed by atoms with Crippen molar-refractivity contribution in [3.63, 3.8) is 0 Å². The number of carbonyl (C=O) groups is 1. The number of nitrogens with zero attached hydrogens (tertiary/aromatic N) is 1. The molecule has 0 bridgehead atoms. The Morgan fingerprint density at radius 1 is 1.50 bits per heavy atom. The van der Waals surface area contributed by atoms with Gasteiger partial charge in [0.15, 0.2) is 11.6 Å². The molecule has 4 nitrogen and oxygen atoms in total. The molecule has 1 aromatic carbocycles. The van der Waals surface area contributed by atoms with Gasteiger partial charge in [0.05, 0.1) is 13.2 Å². The van der Waals surface area contributed by atoms with Crippen molar-refractivity contribution in [2.45, 2.75) is 6.04 Å². The number of carbonyl (C=O) groups excluding carboxylic acids is 1. The summed E-state index contributed by atoms with van der Waals surface area (Å²) in [5, 5.41) is 3.10. The number of ether oxygens (including phenoxy) is 1. The van der Waals surface area contributed by atoms with Gasteiger partial charge in [-0.25, -0.2) is 4.39 Å². The Labute approximate surface area is 112 Å². The molecule has 1 fully saturated rings. The minimum Gasteiger partial charge on any atom is -0.494 e. The zero-order chi connectivity index (χ0) is 12.4. The number of benzene rings is 1. The number of hydrogen-bond acceptors (Lipinski definition) is 3. The molecular weight excluding hydrogens is 259 g/mol. The summed E-state index contributed by atoms with van der Waals surface area (Å²) in [4.78, 5) is 13.7. The van der Waals surface area contributed by atoms with Crippen LogP contribution in [0, 0.1) is 5.82 Å². The van der Waals surface area contributed by atoms with Crippen LogP contribution in [0.2, 0.25) is 0 Å². The van der Waals surface area contributed by atoms with Gasteiger partial charge in [0, 0.05) is 25.7 Å². The van der Waals surface area contributed by atoms with Gasteiger partial charge in [0.25, 0.3) is 5.91 Å². The smallest absolute Gasteiger partial charge is 0.254 e. The van der Waals surface area contributed by atoms with Gasteiger partial charge in [-0.15, -0.1) is 12.4 Å². The fourth-order valence-electron chi connectivity index (χ4n) is 1.71. The lowest BCUT2D eigenvalue weighted by atomic mass is 10.1. The third kappa shape index (κ3) is 2.73. The topological polar surface area (TPSA) is 41.6 Å². The van der Waals surface area contributed by atoms with E-state index in [1.54, 1.807) is 11.9 Å². The van der Waals surface area contributed by atoms with E-state index >= 15 is 0 Å². The average Bonchev–Trinajstić information content (AvgIpc) is 2.26. The van der Waals surface area contributed by atoms with Gasteiger partial charge >= 0.3 is 0 Å². The molecule has 0 spiro atoms. The van der Waals surface area contributed by atoms with Crippen molar-refractivity contribution in [3.8, 4) is 5.75 Å². The molecule has 1 N–H and O–H groups in total. The van der Waals surface area contributed by atoms with E-state index in [-0.39, 0.29) is 30.1 Å². The van der Waals surface area contributed by atoms with E-state index in [9.17, 15) is 9.18 Å². The van der Waals surface area contributed by atoms with Crippen LogP contribution in [0.1, 0.15) is 10.4 Å². The highest BCUT2D eigenvalue weighted by molar-refractivity contribution is 5.94. The maximum absolute atomic E-state index is 13.2. The summed E-state index contributed by atoms with van der Waals surface area (Å²) in [6, 6.07) is 4.38. The molecule has 1 aliphatic rings. The monoisotopic (exact) mass is 274 g/mol. The second-order valence-electron chi connectivity index (χ2n) is 4.08. The minimum absolute atomic E-state index is 0. The summed E-state index contributed by atoms with van der Waals surface area (Å²) in [6.07, 6.45) is 0. The molecule has 0 aromatic heterocycles. The Morgan fingerprint density at radius 3 is 2.67 bits per heavy atom. The molecule has 0 radical (unpaired) electrons. The fraction of sp³-hybridized carbons (Fsp3) is 0.417. The third-order valence-electron chi connectivity index (χ3n) is 3.03. The first-order valence-corrected chi connectivity index (χ1v) is 5.45. The highest BCUT2D eigenvalue weighted by Crippen LogP contribution is 2.19. The molecule has 0 aliphatic carbocycles. The lowest BCUT2D eigenvalue weighted by Gasteiger charge is -2.35. The SMILES string of the molecule is COc1cc(C(=O)N(C)C2CNC2)ccc1F.Cl. The minimum atomic E-state index is -0.461. The third-order valence-corrected chi connectivity index (χ3v) is 3.03. The van der Waals surface area contributed by atoms with Crippen LogP contribution in [0.4, 0.5) is 4.39 Å². The van der Waals surface area contributed by atoms with Gasteiger partial charge < -0.3 is 15.0 Å². The van der Waals surface area contributed by atoms with Crippen molar-refractivity contribution in [2.75, 3.05) is 27.2 Å². The molecule has 1 aromatic rings. The second-order valence-corrected chi connectivity index (χ2v) is 4.08. The summed E-state index contributed by atoms with van der Waals surface area (Å²) in [5.41, 5.74) is 0.442. The molecule has 0 unspecified atom stereocenters. The number of amides is 1. The molecule has 0 saturated carbocycles. The molecule has 1 amide bonds. The molecule has 2 rings (SSSR count). The highest BCUT2D eigenvalue weighted by Gasteiger charge is 2.26. The van der Waals surface area contributed by atoms with Gasteiger partial charge in [-0.05, 0) is 18.2 Å². The van der Waals surface area contributed by atoms with E-state index in [2.05, 4.69) is 5.32 Å². The summed E-state index contributed by atoms with van der Waals surface area (Å²) in [6.45, 7) is 1.61. The Morgan fingerprint density at radius 2 is 2.17 bits per heavy atom. The number of nitrogens with one attached hydrogen (secondary N) is 1. The van der Waals surface area contributed by atoms with Gasteiger partial charge in [0.2, 0.25) is 0 Å². The Hall–Kier alpha value is -1.33. The summed E-state index contributed by atoms with van der Waals surface area (Å²) in [5.74, 6) is -0.484. The average molecular weight is 275 g/mol. The van der Waals surface area contributed by atoms with Crippen molar-refractivity contribution in [2.24, 2.45) is 0 Å². The predicted molar refractivity (Wildman–Crippen MR) is 69.0 cm³/mol. The first-order valence-electron chi connectivity index (χ1n) is 5.45. The summed E-state index contributed by atoms with van der Waals surface area (Å²) < 4.78 is 18.1. The van der Waals surface area contributed by atoms with Gasteiger partial charge in [-0.2, -0.15) is 0 Å². The van der Waals surface area contributed by atoms with Crippen molar-refractivity contribution in [1.82, 2.24) is 10.2 Å². The van der Waals surface area contributed by atoms with Crippen LogP contribution in [0.15, 0.2) is 18.2 Å². The number of rotatable bonds is 3. The zero-order valence-electron chi connectivity index (χ0n) is 10.3. The van der Waals surface area contributed by atoms with Crippen molar-refractivity contribution in [1.29, 1.82) is 0 Å². The number of methoxy groups -OCH3 is 1. The standard InChI is InChI=1S/C12H15FN2O2.ClH/c1-15(9-6-14-7-9)12(16)8-3-4-10(13)11(5-8)17-2;/h3-5,9,14H,6-7H2,1-2H3;1H. The quantitative estimate of drug-likeness (QED) is 0.903. The van der Waals surface area contributed by atoms with Crippen LogP contribution in [0.5, 0.6) is 5.75 Å². The predicted octanol–water partition coefficient (Wildman–Crippen LogP) is 1.30. The lowest BCUT2D eigenvalue weighted by Crippen LogP contribution is -2.57. The number of hydrogen-bond donors (Lipinski definition) is 1. The van der Waals surface area contributed by atoms with Crippen LogP contribution in [-0.4, -0.2) is 44.1 Å². The Kier molecular flexibility index (Phi) is 4.93. The first-order chi connectivity index (χ1) is 8.13.